The van der Waals surface area contributed by atoms with Gasteiger partial charge in [-0.05, 0) is 48.4 Å². The fraction of sp³-hybridized carbons (Fsp3) is 0.250. The number of halogens is 1. The van der Waals surface area contributed by atoms with Crippen LogP contribution in [0.4, 0.5) is 0 Å². The third-order valence-corrected chi connectivity index (χ3v) is 3.48. The molecular weight excluding hydrogens is 242 g/mol. The van der Waals surface area contributed by atoms with Crippen LogP contribution < -0.4 is 5.32 Å². The Balaban J connectivity index is 2.34. The molecule has 0 aliphatic heterocycles. The van der Waals surface area contributed by atoms with Crippen LogP contribution in [0.25, 0.3) is 11.1 Å². The van der Waals surface area contributed by atoms with E-state index in [1.807, 2.05) is 19.2 Å². The average Bonchev–Trinajstić information content (AvgIpc) is 2.41. The number of nitrogens with one attached hydrogen (secondary N) is 1. The molecule has 0 bridgehead atoms. The van der Waals surface area contributed by atoms with Gasteiger partial charge in [0, 0.05) is 11.1 Å². The first-order valence-corrected chi connectivity index (χ1v) is 6.65. The summed E-state index contributed by atoms with van der Waals surface area (Å²) in [7, 11) is 2.00. The lowest BCUT2D eigenvalue weighted by molar-refractivity contribution is 0.577. The van der Waals surface area contributed by atoms with Crippen molar-refractivity contribution in [3.05, 3.63) is 59.1 Å². The van der Waals surface area contributed by atoms with Crippen molar-refractivity contribution in [3.8, 4) is 11.1 Å². The van der Waals surface area contributed by atoms with Gasteiger partial charge in [-0.2, -0.15) is 0 Å². The van der Waals surface area contributed by atoms with Gasteiger partial charge < -0.3 is 5.32 Å². The summed E-state index contributed by atoms with van der Waals surface area (Å²) in [5.74, 6) is 0. The second-order valence-electron chi connectivity index (χ2n) is 4.38. The molecule has 0 amide bonds. The molecule has 18 heavy (non-hydrogen) atoms. The molecule has 0 aliphatic rings. The van der Waals surface area contributed by atoms with Crippen LogP contribution in [0.5, 0.6) is 0 Å². The predicted molar refractivity (Wildman–Crippen MR) is 79.0 cm³/mol. The first-order chi connectivity index (χ1) is 8.74. The maximum atomic E-state index is 5.92. The number of hydrogen-bond donors (Lipinski definition) is 1. The summed E-state index contributed by atoms with van der Waals surface area (Å²) in [5.41, 5.74) is 3.76. The Morgan fingerprint density at radius 3 is 2.39 bits per heavy atom. The molecule has 1 nitrogen and oxygen atoms in total. The fourth-order valence-electron chi connectivity index (χ4n) is 2.18. The fourth-order valence-corrected chi connectivity index (χ4v) is 2.31. The minimum Gasteiger partial charge on any atom is -0.313 e. The lowest BCUT2D eigenvalue weighted by atomic mass is 9.98. The molecule has 0 saturated carbocycles. The molecule has 1 unspecified atom stereocenters. The van der Waals surface area contributed by atoms with Gasteiger partial charge in [0.25, 0.3) is 0 Å². The molecule has 0 heterocycles. The van der Waals surface area contributed by atoms with Gasteiger partial charge in [0.05, 0.1) is 0 Å². The Labute approximate surface area is 114 Å². The number of hydrogen-bond acceptors (Lipinski definition) is 1. The summed E-state index contributed by atoms with van der Waals surface area (Å²) in [5, 5.41) is 4.11. The van der Waals surface area contributed by atoms with E-state index in [1.54, 1.807) is 0 Å². The molecule has 0 spiro atoms. The molecule has 2 aromatic carbocycles. The molecule has 1 atom stereocenters. The van der Waals surface area contributed by atoms with Gasteiger partial charge in [0.1, 0.15) is 0 Å². The smallest absolute Gasteiger partial charge is 0.0406 e. The molecule has 0 aromatic heterocycles. The maximum Gasteiger partial charge on any atom is 0.0406 e. The van der Waals surface area contributed by atoms with E-state index in [-0.39, 0.29) is 0 Å². The van der Waals surface area contributed by atoms with Crippen molar-refractivity contribution in [2.75, 3.05) is 7.05 Å². The summed E-state index contributed by atoms with van der Waals surface area (Å²) in [4.78, 5) is 0. The minimum atomic E-state index is 0.414. The van der Waals surface area contributed by atoms with Crippen LogP contribution >= 0.6 is 11.6 Å². The van der Waals surface area contributed by atoms with Gasteiger partial charge in [0.15, 0.2) is 0 Å². The summed E-state index contributed by atoms with van der Waals surface area (Å²) in [6, 6.07) is 17.0. The molecular formula is C16H18ClN. The summed E-state index contributed by atoms with van der Waals surface area (Å²) in [6.07, 6.45) is 1.08. The van der Waals surface area contributed by atoms with E-state index < -0.39 is 0 Å². The minimum absolute atomic E-state index is 0.414. The van der Waals surface area contributed by atoms with Crippen LogP contribution in [0, 0.1) is 0 Å². The Morgan fingerprint density at radius 2 is 1.78 bits per heavy atom. The normalized spacial score (nSPS) is 12.4. The molecule has 94 valence electrons. The highest BCUT2D eigenvalue weighted by molar-refractivity contribution is 6.30. The van der Waals surface area contributed by atoms with Gasteiger partial charge in [-0.1, -0.05) is 48.9 Å². The van der Waals surface area contributed by atoms with Crippen LogP contribution in [0.15, 0.2) is 48.5 Å². The molecule has 2 aromatic rings. The summed E-state index contributed by atoms with van der Waals surface area (Å²) < 4.78 is 0. The Hall–Kier alpha value is -1.31. The quantitative estimate of drug-likeness (QED) is 0.841. The highest BCUT2D eigenvalue weighted by Gasteiger charge is 2.07. The Kier molecular flexibility index (Phi) is 4.40. The van der Waals surface area contributed by atoms with E-state index in [2.05, 4.69) is 48.6 Å². The molecule has 2 rings (SSSR count). The van der Waals surface area contributed by atoms with Crippen molar-refractivity contribution < 1.29 is 0 Å². The van der Waals surface area contributed by atoms with E-state index in [0.717, 1.165) is 11.4 Å². The van der Waals surface area contributed by atoms with E-state index in [4.69, 9.17) is 11.6 Å². The largest absolute Gasteiger partial charge is 0.313 e. The zero-order chi connectivity index (χ0) is 13.0. The van der Waals surface area contributed by atoms with Crippen LogP contribution in [0.1, 0.15) is 24.9 Å². The van der Waals surface area contributed by atoms with Crippen molar-refractivity contribution in [1.29, 1.82) is 0 Å². The van der Waals surface area contributed by atoms with Crippen molar-refractivity contribution in [3.63, 3.8) is 0 Å². The van der Waals surface area contributed by atoms with Crippen molar-refractivity contribution in [2.45, 2.75) is 19.4 Å². The zero-order valence-electron chi connectivity index (χ0n) is 10.8. The molecule has 1 N–H and O–H groups in total. The van der Waals surface area contributed by atoms with Crippen LogP contribution in [-0.4, -0.2) is 7.05 Å². The molecule has 0 radical (unpaired) electrons. The van der Waals surface area contributed by atoms with Crippen molar-refractivity contribution in [2.24, 2.45) is 0 Å². The highest BCUT2D eigenvalue weighted by atomic mass is 35.5. The van der Waals surface area contributed by atoms with Gasteiger partial charge in [0.2, 0.25) is 0 Å². The Morgan fingerprint density at radius 1 is 1.06 bits per heavy atom. The summed E-state index contributed by atoms with van der Waals surface area (Å²) >= 11 is 5.92. The van der Waals surface area contributed by atoms with E-state index in [1.165, 1.54) is 16.7 Å². The van der Waals surface area contributed by atoms with Crippen molar-refractivity contribution in [1.82, 2.24) is 5.32 Å². The van der Waals surface area contributed by atoms with E-state index in [0.29, 0.717) is 6.04 Å². The second-order valence-corrected chi connectivity index (χ2v) is 4.82. The van der Waals surface area contributed by atoms with Gasteiger partial charge >= 0.3 is 0 Å². The third-order valence-electron chi connectivity index (χ3n) is 3.22. The average molecular weight is 260 g/mol. The van der Waals surface area contributed by atoms with E-state index >= 15 is 0 Å². The Bertz CT molecular complexity index is 501. The lowest BCUT2D eigenvalue weighted by Crippen LogP contribution is -2.15. The standard InChI is InChI=1S/C16H18ClN/c1-3-16(18-2)14-6-4-5-13(11-14)12-7-9-15(17)10-8-12/h4-11,16,18H,3H2,1-2H3. The van der Waals surface area contributed by atoms with E-state index in [9.17, 15) is 0 Å². The monoisotopic (exact) mass is 259 g/mol. The zero-order valence-corrected chi connectivity index (χ0v) is 11.5. The molecule has 0 fully saturated rings. The van der Waals surface area contributed by atoms with Crippen LogP contribution in [-0.2, 0) is 0 Å². The highest BCUT2D eigenvalue weighted by Crippen LogP contribution is 2.25. The first kappa shape index (κ1) is 13.1. The van der Waals surface area contributed by atoms with Gasteiger partial charge in [-0.3, -0.25) is 0 Å². The lowest BCUT2D eigenvalue weighted by Gasteiger charge is -2.15. The SMILES string of the molecule is CCC(NC)c1cccc(-c2ccc(Cl)cc2)c1. The predicted octanol–water partition coefficient (Wildman–Crippen LogP) is 4.68. The number of rotatable bonds is 4. The van der Waals surface area contributed by atoms with Crippen LogP contribution in [0.2, 0.25) is 5.02 Å². The molecule has 2 heteroatoms. The maximum absolute atomic E-state index is 5.92. The third kappa shape index (κ3) is 2.92. The summed E-state index contributed by atoms with van der Waals surface area (Å²) in [6.45, 7) is 2.19. The van der Waals surface area contributed by atoms with Gasteiger partial charge in [-0.25, -0.2) is 0 Å². The second kappa shape index (κ2) is 6.03. The van der Waals surface area contributed by atoms with Crippen molar-refractivity contribution >= 4 is 11.6 Å². The topological polar surface area (TPSA) is 12.0 Å². The van der Waals surface area contributed by atoms with Gasteiger partial charge in [-0.15, -0.1) is 0 Å². The molecule has 0 saturated heterocycles. The number of benzene rings is 2. The van der Waals surface area contributed by atoms with Crippen LogP contribution in [0.3, 0.4) is 0 Å². The first-order valence-electron chi connectivity index (χ1n) is 6.27. The molecule has 0 aliphatic carbocycles.